The molecular weight excluding hydrogens is 497 g/mol. The lowest BCUT2D eigenvalue weighted by Gasteiger charge is -2.04. The Morgan fingerprint density at radius 1 is 0.342 bits per heavy atom. The molecule has 0 saturated heterocycles. The van der Waals surface area contributed by atoms with Gasteiger partial charge in [-0.05, 0) is 82.3 Å². The fraction of sp³-hybridized carbons (Fsp3) is 0.0556. The molecule has 2 heterocycles. The first-order valence-corrected chi connectivity index (χ1v) is 14.5. The topological polar surface area (TPSA) is 0 Å². The minimum atomic E-state index is 1.26. The first-order chi connectivity index (χ1) is 18.6. The van der Waals surface area contributed by atoms with Crippen LogP contribution in [0.1, 0.15) is 11.1 Å². The SMILES string of the molecule is Cc1ccc(-c2ccc(-c3cc4cc5sc(-c6ccc(-c7ccc(C)cc7)cc6)cc5cc4s3)cc2)cc1. The zero-order valence-corrected chi connectivity index (χ0v) is 23.0. The molecule has 0 amide bonds. The van der Waals surface area contributed by atoms with Crippen LogP contribution in [0.3, 0.4) is 0 Å². The van der Waals surface area contributed by atoms with Gasteiger partial charge in [0, 0.05) is 19.2 Å². The van der Waals surface area contributed by atoms with E-state index in [9.17, 15) is 0 Å². The second-order valence-corrected chi connectivity index (χ2v) is 12.2. The Morgan fingerprint density at radius 3 is 0.974 bits per heavy atom. The largest absolute Gasteiger partial charge is 0.135 e. The van der Waals surface area contributed by atoms with Crippen molar-refractivity contribution in [3.8, 4) is 43.1 Å². The first-order valence-electron chi connectivity index (χ1n) is 12.9. The molecule has 0 unspecified atom stereocenters. The molecule has 2 heteroatoms. The molecule has 0 aliphatic carbocycles. The molecule has 38 heavy (non-hydrogen) atoms. The fourth-order valence-electron chi connectivity index (χ4n) is 5.00. The van der Waals surface area contributed by atoms with Gasteiger partial charge in [-0.15, -0.1) is 22.7 Å². The highest BCUT2D eigenvalue weighted by atomic mass is 32.1. The van der Waals surface area contributed by atoms with E-state index in [1.54, 1.807) is 0 Å². The van der Waals surface area contributed by atoms with Gasteiger partial charge in [-0.25, -0.2) is 0 Å². The number of hydrogen-bond acceptors (Lipinski definition) is 2. The first kappa shape index (κ1) is 23.2. The maximum atomic E-state index is 2.36. The van der Waals surface area contributed by atoms with Gasteiger partial charge in [0.15, 0.2) is 0 Å². The number of thiophene rings is 2. The van der Waals surface area contributed by atoms with Crippen LogP contribution >= 0.6 is 22.7 Å². The standard InChI is InChI=1S/C36H26S2/c1-23-3-7-25(8-4-23)27-11-15-29(16-12-27)33-19-31-21-36-32(22-35(31)37-33)20-34(38-36)30-17-13-28(14-18-30)26-9-5-24(2)6-10-26/h3-22H,1-2H3. The maximum Gasteiger partial charge on any atom is 0.0356 e. The van der Waals surface area contributed by atoms with Crippen molar-refractivity contribution in [2.45, 2.75) is 13.8 Å². The third-order valence-electron chi connectivity index (χ3n) is 7.26. The minimum Gasteiger partial charge on any atom is -0.135 e. The monoisotopic (exact) mass is 522 g/mol. The molecule has 0 fully saturated rings. The summed E-state index contributed by atoms with van der Waals surface area (Å²) in [4.78, 5) is 2.64. The highest BCUT2D eigenvalue weighted by molar-refractivity contribution is 7.23. The second kappa shape index (κ2) is 9.40. The van der Waals surface area contributed by atoms with Gasteiger partial charge < -0.3 is 0 Å². The summed E-state index contributed by atoms with van der Waals surface area (Å²) in [6, 6.07) is 44.8. The molecule has 0 bridgehead atoms. The van der Waals surface area contributed by atoms with Crippen LogP contribution in [0.25, 0.3) is 63.3 Å². The van der Waals surface area contributed by atoms with Crippen LogP contribution in [-0.2, 0) is 0 Å². The second-order valence-electron chi connectivity index (χ2n) is 10.0. The van der Waals surface area contributed by atoms with Crippen molar-refractivity contribution < 1.29 is 0 Å². The fourth-order valence-corrected chi connectivity index (χ4v) is 7.20. The van der Waals surface area contributed by atoms with Crippen molar-refractivity contribution in [2.24, 2.45) is 0 Å². The van der Waals surface area contributed by atoms with Crippen LogP contribution < -0.4 is 0 Å². The van der Waals surface area contributed by atoms with Gasteiger partial charge in [-0.2, -0.15) is 0 Å². The van der Waals surface area contributed by atoms with E-state index in [1.165, 1.54) is 74.4 Å². The van der Waals surface area contributed by atoms with Crippen molar-refractivity contribution >= 4 is 42.8 Å². The third kappa shape index (κ3) is 4.36. The average Bonchev–Trinajstić information content (AvgIpc) is 3.56. The molecule has 0 nitrogen and oxygen atoms in total. The molecule has 0 aliphatic rings. The molecule has 7 aromatic rings. The van der Waals surface area contributed by atoms with E-state index in [2.05, 4.69) is 135 Å². The van der Waals surface area contributed by atoms with E-state index in [0.29, 0.717) is 0 Å². The summed E-state index contributed by atoms with van der Waals surface area (Å²) < 4.78 is 2.68. The Morgan fingerprint density at radius 2 is 0.632 bits per heavy atom. The summed E-state index contributed by atoms with van der Waals surface area (Å²) >= 11 is 3.76. The normalized spacial score (nSPS) is 11.4. The van der Waals surface area contributed by atoms with E-state index in [1.807, 2.05) is 22.7 Å². The number of fused-ring (bicyclic) bond motifs is 2. The van der Waals surface area contributed by atoms with Gasteiger partial charge in [0.1, 0.15) is 0 Å². The molecule has 0 aliphatic heterocycles. The quantitative estimate of drug-likeness (QED) is 0.216. The van der Waals surface area contributed by atoms with Crippen LogP contribution in [0.15, 0.2) is 121 Å². The van der Waals surface area contributed by atoms with Gasteiger partial charge in [-0.3, -0.25) is 0 Å². The van der Waals surface area contributed by atoms with E-state index in [4.69, 9.17) is 0 Å². The molecule has 0 spiro atoms. The molecule has 0 N–H and O–H groups in total. The molecule has 0 radical (unpaired) electrons. The Bertz CT molecular complexity index is 1690. The summed E-state index contributed by atoms with van der Waals surface area (Å²) in [5.74, 6) is 0. The zero-order chi connectivity index (χ0) is 25.6. The molecule has 182 valence electrons. The predicted molar refractivity (Wildman–Crippen MR) is 168 cm³/mol. The van der Waals surface area contributed by atoms with Gasteiger partial charge in [0.25, 0.3) is 0 Å². The van der Waals surface area contributed by atoms with Crippen LogP contribution in [-0.4, -0.2) is 0 Å². The van der Waals surface area contributed by atoms with Gasteiger partial charge in [0.05, 0.1) is 0 Å². The van der Waals surface area contributed by atoms with E-state index in [-0.39, 0.29) is 0 Å². The third-order valence-corrected chi connectivity index (χ3v) is 9.56. The Labute approximate surface area is 231 Å². The summed E-state index contributed by atoms with van der Waals surface area (Å²) in [5, 5.41) is 2.64. The number of aryl methyl sites for hydroxylation is 2. The lowest BCUT2D eigenvalue weighted by Crippen LogP contribution is -1.79. The van der Waals surface area contributed by atoms with Gasteiger partial charge in [-0.1, -0.05) is 108 Å². The molecule has 0 saturated carbocycles. The van der Waals surface area contributed by atoms with Crippen LogP contribution in [0.4, 0.5) is 0 Å². The minimum absolute atomic E-state index is 1.26. The van der Waals surface area contributed by atoms with E-state index >= 15 is 0 Å². The van der Waals surface area contributed by atoms with Crippen molar-refractivity contribution in [3.63, 3.8) is 0 Å². The highest BCUT2D eigenvalue weighted by Gasteiger charge is 2.10. The molecular formula is C36H26S2. The number of rotatable bonds is 4. The summed E-state index contributed by atoms with van der Waals surface area (Å²) in [6.07, 6.45) is 0. The maximum absolute atomic E-state index is 2.36. The molecule has 2 aromatic heterocycles. The Balaban J connectivity index is 1.16. The van der Waals surface area contributed by atoms with Gasteiger partial charge >= 0.3 is 0 Å². The number of hydrogen-bond donors (Lipinski definition) is 0. The highest BCUT2D eigenvalue weighted by Crippen LogP contribution is 2.41. The summed E-state index contributed by atoms with van der Waals surface area (Å²) in [5.41, 5.74) is 10.2. The molecule has 5 aromatic carbocycles. The van der Waals surface area contributed by atoms with Crippen molar-refractivity contribution in [1.29, 1.82) is 0 Å². The Hall–Kier alpha value is -3.98. The van der Waals surface area contributed by atoms with Crippen LogP contribution in [0.2, 0.25) is 0 Å². The van der Waals surface area contributed by atoms with Crippen molar-refractivity contribution in [1.82, 2.24) is 0 Å². The average molecular weight is 523 g/mol. The number of benzene rings is 5. The lowest BCUT2D eigenvalue weighted by molar-refractivity contribution is 1.47. The summed E-state index contributed by atoms with van der Waals surface area (Å²) in [6.45, 7) is 4.26. The van der Waals surface area contributed by atoms with Gasteiger partial charge in [0.2, 0.25) is 0 Å². The zero-order valence-electron chi connectivity index (χ0n) is 21.4. The van der Waals surface area contributed by atoms with Crippen LogP contribution in [0, 0.1) is 13.8 Å². The van der Waals surface area contributed by atoms with E-state index in [0.717, 1.165) is 0 Å². The predicted octanol–water partition coefficient (Wildman–Crippen LogP) is 11.4. The Kier molecular flexibility index (Phi) is 5.73. The van der Waals surface area contributed by atoms with Crippen LogP contribution in [0.5, 0.6) is 0 Å². The van der Waals surface area contributed by atoms with Crippen molar-refractivity contribution in [2.75, 3.05) is 0 Å². The van der Waals surface area contributed by atoms with Crippen molar-refractivity contribution in [3.05, 3.63) is 132 Å². The molecule has 0 atom stereocenters. The molecule has 7 rings (SSSR count). The summed E-state index contributed by atoms with van der Waals surface area (Å²) in [7, 11) is 0. The smallest absolute Gasteiger partial charge is 0.0356 e. The van der Waals surface area contributed by atoms with E-state index < -0.39 is 0 Å². The lowest BCUT2D eigenvalue weighted by atomic mass is 10.0.